The fourth-order valence-electron chi connectivity index (χ4n) is 2.36. The quantitative estimate of drug-likeness (QED) is 0.822. The van der Waals surface area contributed by atoms with Gasteiger partial charge in [-0.2, -0.15) is 0 Å². The van der Waals surface area contributed by atoms with Gasteiger partial charge in [-0.1, -0.05) is 6.07 Å². The molecule has 0 spiro atoms. The van der Waals surface area contributed by atoms with Gasteiger partial charge in [0, 0.05) is 24.0 Å². The van der Waals surface area contributed by atoms with Gasteiger partial charge >= 0.3 is 0 Å². The Kier molecular flexibility index (Phi) is 4.18. The van der Waals surface area contributed by atoms with E-state index in [9.17, 15) is 0 Å². The van der Waals surface area contributed by atoms with Crippen LogP contribution in [0.1, 0.15) is 17.7 Å². The number of hydrogen-bond acceptors (Lipinski definition) is 3. The molecule has 0 aromatic carbocycles. The molecule has 2 rings (SSSR count). The molecule has 0 radical (unpaired) electrons. The molecule has 1 aromatic heterocycles. The molecule has 2 heterocycles. The molecule has 1 atom stereocenters. The van der Waals surface area contributed by atoms with Crippen LogP contribution in [0, 0.1) is 0 Å². The van der Waals surface area contributed by atoms with Crippen molar-refractivity contribution in [3.8, 4) is 0 Å². The van der Waals surface area contributed by atoms with Gasteiger partial charge in [0.15, 0.2) is 0 Å². The molecule has 1 aliphatic heterocycles. The highest BCUT2D eigenvalue weighted by atomic mass is 32.1. The predicted molar refractivity (Wildman–Crippen MR) is 66.5 cm³/mol. The van der Waals surface area contributed by atoms with Gasteiger partial charge in [0.1, 0.15) is 0 Å². The van der Waals surface area contributed by atoms with E-state index in [1.54, 1.807) is 0 Å². The van der Waals surface area contributed by atoms with Crippen LogP contribution < -0.4 is 5.32 Å². The third-order valence-corrected chi connectivity index (χ3v) is 4.10. The summed E-state index contributed by atoms with van der Waals surface area (Å²) in [6, 6.07) is 5.16. The summed E-state index contributed by atoms with van der Waals surface area (Å²) in [4.78, 5) is 4.15. The molecule has 3 heteroatoms. The van der Waals surface area contributed by atoms with Gasteiger partial charge in [0.2, 0.25) is 0 Å². The van der Waals surface area contributed by atoms with E-state index < -0.39 is 0 Å². The first-order valence-corrected chi connectivity index (χ1v) is 6.69. The highest BCUT2D eigenvalue weighted by molar-refractivity contribution is 7.09. The van der Waals surface area contributed by atoms with Gasteiger partial charge in [-0.3, -0.25) is 4.90 Å². The molecule has 1 aliphatic rings. The first kappa shape index (κ1) is 11.1. The van der Waals surface area contributed by atoms with Gasteiger partial charge in [0.05, 0.1) is 0 Å². The van der Waals surface area contributed by atoms with E-state index in [0.29, 0.717) is 0 Å². The average molecular weight is 224 g/mol. The molecular formula is C12H20N2S. The summed E-state index contributed by atoms with van der Waals surface area (Å²) < 4.78 is 0. The van der Waals surface area contributed by atoms with Gasteiger partial charge < -0.3 is 5.32 Å². The molecule has 0 saturated carbocycles. The summed E-state index contributed by atoms with van der Waals surface area (Å²) in [6.07, 6.45) is 3.96. The Labute approximate surface area is 96.3 Å². The van der Waals surface area contributed by atoms with Crippen molar-refractivity contribution in [2.24, 2.45) is 0 Å². The van der Waals surface area contributed by atoms with Crippen molar-refractivity contribution in [1.29, 1.82) is 0 Å². The molecule has 1 N–H and O–H groups in total. The summed E-state index contributed by atoms with van der Waals surface area (Å²) in [5, 5.41) is 5.46. The monoisotopic (exact) mass is 224 g/mol. The van der Waals surface area contributed by atoms with Gasteiger partial charge in [0.25, 0.3) is 0 Å². The van der Waals surface area contributed by atoms with Crippen molar-refractivity contribution in [1.82, 2.24) is 10.2 Å². The van der Waals surface area contributed by atoms with E-state index in [-0.39, 0.29) is 0 Å². The molecule has 0 amide bonds. The normalized spacial score (nSPS) is 22.3. The Morgan fingerprint density at radius 2 is 2.53 bits per heavy atom. The number of thiophene rings is 1. The van der Waals surface area contributed by atoms with Crippen molar-refractivity contribution in [2.45, 2.75) is 25.3 Å². The second-order valence-corrected chi connectivity index (χ2v) is 5.25. The SMILES string of the molecule is CNCC1CCCN1CCc1cccs1. The van der Waals surface area contributed by atoms with Gasteiger partial charge in [-0.15, -0.1) is 11.3 Å². The smallest absolute Gasteiger partial charge is 0.0221 e. The van der Waals surface area contributed by atoms with Crippen LogP contribution in [0.3, 0.4) is 0 Å². The van der Waals surface area contributed by atoms with Gasteiger partial charge in [-0.05, 0) is 44.3 Å². The van der Waals surface area contributed by atoms with E-state index >= 15 is 0 Å². The van der Waals surface area contributed by atoms with E-state index in [4.69, 9.17) is 0 Å². The van der Waals surface area contributed by atoms with Crippen LogP contribution in [-0.4, -0.2) is 37.6 Å². The Bertz CT molecular complexity index is 271. The number of nitrogens with one attached hydrogen (secondary N) is 1. The molecule has 0 aliphatic carbocycles. The van der Waals surface area contributed by atoms with E-state index in [1.165, 1.54) is 37.2 Å². The average Bonchev–Trinajstić information content (AvgIpc) is 2.85. The second kappa shape index (κ2) is 5.64. The topological polar surface area (TPSA) is 15.3 Å². The lowest BCUT2D eigenvalue weighted by Gasteiger charge is -2.23. The summed E-state index contributed by atoms with van der Waals surface area (Å²) in [6.45, 7) is 3.66. The van der Waals surface area contributed by atoms with Crippen LogP contribution >= 0.6 is 11.3 Å². The Balaban J connectivity index is 1.78. The Morgan fingerprint density at radius 1 is 1.60 bits per heavy atom. The molecular weight excluding hydrogens is 204 g/mol. The molecule has 0 bridgehead atoms. The number of nitrogens with zero attached hydrogens (tertiary/aromatic N) is 1. The maximum Gasteiger partial charge on any atom is 0.0221 e. The van der Waals surface area contributed by atoms with Crippen LogP contribution in [0.4, 0.5) is 0 Å². The molecule has 1 unspecified atom stereocenters. The standard InChI is InChI=1S/C12H20N2S/c1-13-10-11-4-2-7-14(11)8-6-12-5-3-9-15-12/h3,5,9,11,13H,2,4,6-8,10H2,1H3. The minimum atomic E-state index is 0.773. The van der Waals surface area contributed by atoms with E-state index in [1.807, 2.05) is 11.3 Å². The van der Waals surface area contributed by atoms with Crippen molar-refractivity contribution in [3.05, 3.63) is 22.4 Å². The first-order valence-electron chi connectivity index (χ1n) is 5.81. The van der Waals surface area contributed by atoms with Crippen LogP contribution in [0.15, 0.2) is 17.5 Å². The van der Waals surface area contributed by atoms with Crippen molar-refractivity contribution in [2.75, 3.05) is 26.7 Å². The molecule has 15 heavy (non-hydrogen) atoms. The predicted octanol–water partition coefficient (Wildman–Crippen LogP) is 1.97. The van der Waals surface area contributed by atoms with E-state index in [0.717, 1.165) is 12.6 Å². The van der Waals surface area contributed by atoms with Crippen molar-refractivity contribution >= 4 is 11.3 Å². The Hall–Kier alpha value is -0.380. The molecule has 1 saturated heterocycles. The van der Waals surface area contributed by atoms with Crippen LogP contribution in [0.5, 0.6) is 0 Å². The largest absolute Gasteiger partial charge is 0.318 e. The summed E-state index contributed by atoms with van der Waals surface area (Å²) in [5.74, 6) is 0. The third kappa shape index (κ3) is 3.03. The Morgan fingerprint density at radius 3 is 3.27 bits per heavy atom. The molecule has 2 nitrogen and oxygen atoms in total. The number of likely N-dealkylation sites (tertiary alicyclic amines) is 1. The van der Waals surface area contributed by atoms with Gasteiger partial charge in [-0.25, -0.2) is 0 Å². The number of rotatable bonds is 5. The minimum Gasteiger partial charge on any atom is -0.318 e. The summed E-state index contributed by atoms with van der Waals surface area (Å²) in [5.41, 5.74) is 0. The maximum atomic E-state index is 3.29. The van der Waals surface area contributed by atoms with Crippen molar-refractivity contribution in [3.63, 3.8) is 0 Å². The molecule has 1 aromatic rings. The van der Waals surface area contributed by atoms with E-state index in [2.05, 4.69) is 34.8 Å². The zero-order valence-electron chi connectivity index (χ0n) is 9.41. The lowest BCUT2D eigenvalue weighted by Crippen LogP contribution is -2.37. The van der Waals surface area contributed by atoms with Crippen LogP contribution in [0.2, 0.25) is 0 Å². The lowest BCUT2D eigenvalue weighted by atomic mass is 10.2. The second-order valence-electron chi connectivity index (χ2n) is 4.22. The minimum absolute atomic E-state index is 0.773. The van der Waals surface area contributed by atoms with Crippen LogP contribution in [0.25, 0.3) is 0 Å². The zero-order chi connectivity index (χ0) is 10.5. The third-order valence-electron chi connectivity index (χ3n) is 3.16. The highest BCUT2D eigenvalue weighted by Crippen LogP contribution is 2.18. The van der Waals surface area contributed by atoms with Crippen molar-refractivity contribution < 1.29 is 0 Å². The summed E-state index contributed by atoms with van der Waals surface area (Å²) in [7, 11) is 2.05. The molecule has 1 fully saturated rings. The fourth-order valence-corrected chi connectivity index (χ4v) is 3.06. The maximum absolute atomic E-state index is 3.29. The first-order chi connectivity index (χ1) is 7.40. The number of hydrogen-bond donors (Lipinski definition) is 1. The molecule has 84 valence electrons. The summed E-state index contributed by atoms with van der Waals surface area (Å²) >= 11 is 1.88. The fraction of sp³-hybridized carbons (Fsp3) is 0.667. The zero-order valence-corrected chi connectivity index (χ0v) is 10.2. The lowest BCUT2D eigenvalue weighted by molar-refractivity contribution is 0.254. The number of likely N-dealkylation sites (N-methyl/N-ethyl adjacent to an activating group) is 1. The highest BCUT2D eigenvalue weighted by Gasteiger charge is 2.22. The van der Waals surface area contributed by atoms with Crippen LogP contribution in [-0.2, 0) is 6.42 Å².